The van der Waals surface area contributed by atoms with Gasteiger partial charge in [-0.05, 0) is 70.4 Å². The molecule has 0 saturated carbocycles. The Balaban J connectivity index is 1.42. The van der Waals surface area contributed by atoms with Gasteiger partial charge in [-0.3, -0.25) is 9.78 Å². The van der Waals surface area contributed by atoms with E-state index in [0.717, 1.165) is 41.7 Å². The van der Waals surface area contributed by atoms with E-state index >= 15 is 0 Å². The molecule has 2 aromatic carbocycles. The molecule has 2 aliphatic rings. The highest BCUT2D eigenvalue weighted by atomic mass is 35.5. The van der Waals surface area contributed by atoms with Crippen molar-refractivity contribution in [3.63, 3.8) is 0 Å². The fraction of sp³-hybridized carbons (Fsp3) is 0.226. The van der Waals surface area contributed by atoms with E-state index in [4.69, 9.17) is 32.7 Å². The van der Waals surface area contributed by atoms with Gasteiger partial charge in [-0.25, -0.2) is 0 Å². The lowest BCUT2D eigenvalue weighted by Crippen LogP contribution is -2.50. The largest absolute Gasteiger partial charge is 0.464 e. The van der Waals surface area contributed by atoms with Crippen LogP contribution in [0.3, 0.4) is 0 Å². The Morgan fingerprint density at radius 3 is 2.52 bits per heavy atom. The van der Waals surface area contributed by atoms with Crippen LogP contribution in [-0.2, 0) is 19.8 Å². The summed E-state index contributed by atoms with van der Waals surface area (Å²) in [6.07, 6.45) is 2.10. The monoisotopic (exact) mass is 639 g/mol. The summed E-state index contributed by atoms with van der Waals surface area (Å²) < 4.78 is 11.7. The van der Waals surface area contributed by atoms with Crippen LogP contribution >= 0.6 is 46.3 Å². The van der Waals surface area contributed by atoms with Gasteiger partial charge in [0.2, 0.25) is 6.29 Å². The molecule has 0 radical (unpaired) electrons. The SMILES string of the molecule is O=C1NC(c2ccc(N3CCOCC3)cc2)(c2ccsc2)CC(OC(O)c2ccncc2)=C1Sc1cc(Cl)ccc1Cl. The number of pyridine rings is 1. The molecule has 2 unspecified atom stereocenters. The number of morpholine rings is 1. The zero-order valence-corrected chi connectivity index (χ0v) is 25.5. The average molecular weight is 641 g/mol. The Labute approximate surface area is 262 Å². The summed E-state index contributed by atoms with van der Waals surface area (Å²) in [4.78, 5) is 21.3. The van der Waals surface area contributed by atoms with Gasteiger partial charge in [0.1, 0.15) is 10.7 Å². The number of carbonyl (C=O) groups excluding carboxylic acids is 1. The first-order chi connectivity index (χ1) is 20.4. The number of hydrogen-bond acceptors (Lipinski definition) is 8. The van der Waals surface area contributed by atoms with Gasteiger partial charge in [0.15, 0.2) is 0 Å². The van der Waals surface area contributed by atoms with Crippen molar-refractivity contribution in [2.45, 2.75) is 23.1 Å². The first-order valence-corrected chi connectivity index (χ1v) is 15.8. The number of thioether (sulfide) groups is 1. The zero-order valence-electron chi connectivity index (χ0n) is 22.3. The summed E-state index contributed by atoms with van der Waals surface area (Å²) in [6, 6.07) is 18.7. The molecule has 11 heteroatoms. The second kappa shape index (κ2) is 12.7. The lowest BCUT2D eigenvalue weighted by molar-refractivity contribution is -0.121. The summed E-state index contributed by atoms with van der Waals surface area (Å²) in [5.41, 5.74) is 2.50. The van der Waals surface area contributed by atoms with E-state index in [2.05, 4.69) is 27.3 Å². The van der Waals surface area contributed by atoms with Gasteiger partial charge in [-0.1, -0.05) is 47.1 Å². The van der Waals surface area contributed by atoms with E-state index < -0.39 is 11.8 Å². The number of thiophene rings is 1. The van der Waals surface area contributed by atoms with Crippen molar-refractivity contribution in [3.8, 4) is 0 Å². The molecular weight excluding hydrogens is 613 g/mol. The number of hydrogen-bond donors (Lipinski definition) is 2. The summed E-state index contributed by atoms with van der Waals surface area (Å²) in [5.74, 6) is -0.00441. The third kappa shape index (κ3) is 6.04. The predicted octanol–water partition coefficient (Wildman–Crippen LogP) is 6.76. The van der Waals surface area contributed by atoms with Crippen LogP contribution in [0.5, 0.6) is 0 Å². The summed E-state index contributed by atoms with van der Waals surface area (Å²) >= 11 is 15.5. The molecule has 216 valence electrons. The Kier molecular flexibility index (Phi) is 8.76. The number of aliphatic hydroxyl groups is 1. The molecule has 4 heterocycles. The highest BCUT2D eigenvalue weighted by Gasteiger charge is 2.44. The maximum atomic E-state index is 14.1. The van der Waals surface area contributed by atoms with E-state index in [9.17, 15) is 9.90 Å². The lowest BCUT2D eigenvalue weighted by atomic mass is 9.79. The molecule has 1 fully saturated rings. The van der Waals surface area contributed by atoms with Crippen LogP contribution in [0, 0.1) is 0 Å². The van der Waals surface area contributed by atoms with Gasteiger partial charge in [-0.15, -0.1) is 0 Å². The van der Waals surface area contributed by atoms with Crippen molar-refractivity contribution < 1.29 is 19.4 Å². The molecule has 2 aromatic heterocycles. The number of ether oxygens (including phenoxy) is 2. The average Bonchev–Trinajstić information content (AvgIpc) is 3.57. The highest BCUT2D eigenvalue weighted by molar-refractivity contribution is 8.04. The van der Waals surface area contributed by atoms with Crippen LogP contribution in [-0.4, -0.2) is 42.3 Å². The van der Waals surface area contributed by atoms with Crippen LogP contribution in [0.1, 0.15) is 29.4 Å². The fourth-order valence-corrected chi connectivity index (χ4v) is 7.29. The third-order valence-electron chi connectivity index (χ3n) is 7.31. The van der Waals surface area contributed by atoms with E-state index in [-0.39, 0.29) is 12.3 Å². The van der Waals surface area contributed by atoms with Crippen molar-refractivity contribution in [2.75, 3.05) is 31.2 Å². The molecular formula is C31H27Cl2N3O4S2. The minimum atomic E-state index is -1.32. The molecule has 4 aromatic rings. The molecule has 2 atom stereocenters. The van der Waals surface area contributed by atoms with Crippen LogP contribution in [0.15, 0.2) is 99.4 Å². The highest BCUT2D eigenvalue weighted by Crippen LogP contribution is 2.46. The topological polar surface area (TPSA) is 83.9 Å². The quantitative estimate of drug-likeness (QED) is 0.206. The number of aromatic nitrogens is 1. The number of benzene rings is 2. The molecule has 2 aliphatic heterocycles. The van der Waals surface area contributed by atoms with Crippen molar-refractivity contribution in [1.82, 2.24) is 10.3 Å². The van der Waals surface area contributed by atoms with E-state index in [1.165, 1.54) is 0 Å². The van der Waals surface area contributed by atoms with Crippen LogP contribution in [0.4, 0.5) is 5.69 Å². The maximum Gasteiger partial charge on any atom is 0.262 e. The zero-order chi connectivity index (χ0) is 29.1. The minimum absolute atomic E-state index is 0.259. The Morgan fingerprint density at radius 1 is 1.05 bits per heavy atom. The van der Waals surface area contributed by atoms with Crippen molar-refractivity contribution in [3.05, 3.63) is 121 Å². The number of nitrogens with one attached hydrogen (secondary N) is 1. The van der Waals surface area contributed by atoms with Gasteiger partial charge in [-0.2, -0.15) is 11.3 Å². The summed E-state index contributed by atoms with van der Waals surface area (Å²) in [5, 5.41) is 19.4. The second-order valence-corrected chi connectivity index (χ2v) is 12.6. The molecule has 42 heavy (non-hydrogen) atoms. The minimum Gasteiger partial charge on any atom is -0.464 e. The Bertz CT molecular complexity index is 1580. The van der Waals surface area contributed by atoms with E-state index in [1.54, 1.807) is 54.1 Å². The van der Waals surface area contributed by atoms with Gasteiger partial charge < -0.3 is 24.8 Å². The first kappa shape index (κ1) is 29.0. The molecule has 0 spiro atoms. The number of aliphatic hydroxyl groups excluding tert-OH is 1. The molecule has 0 aliphatic carbocycles. The van der Waals surface area contributed by atoms with Crippen molar-refractivity contribution >= 4 is 57.9 Å². The first-order valence-electron chi connectivity index (χ1n) is 13.3. The molecule has 0 bridgehead atoms. The molecule has 6 rings (SSSR count). The van der Waals surface area contributed by atoms with E-state index in [1.807, 2.05) is 29.0 Å². The summed E-state index contributed by atoms with van der Waals surface area (Å²) in [7, 11) is 0. The number of carbonyl (C=O) groups is 1. The van der Waals surface area contributed by atoms with Gasteiger partial charge in [0.05, 0.1) is 23.8 Å². The molecule has 1 amide bonds. The molecule has 1 saturated heterocycles. The normalized spacial score (nSPS) is 19.9. The Hall–Kier alpha value is -3.05. The van der Waals surface area contributed by atoms with Crippen LogP contribution in [0.25, 0.3) is 0 Å². The van der Waals surface area contributed by atoms with Crippen molar-refractivity contribution in [1.29, 1.82) is 0 Å². The smallest absolute Gasteiger partial charge is 0.262 e. The number of rotatable bonds is 8. The fourth-order valence-electron chi connectivity index (χ4n) is 5.14. The molecule has 2 N–H and O–H groups in total. The van der Waals surface area contributed by atoms with Gasteiger partial charge in [0, 0.05) is 53.1 Å². The second-order valence-electron chi connectivity index (χ2n) is 9.87. The number of anilines is 1. The molecule has 7 nitrogen and oxygen atoms in total. The number of amides is 1. The number of halogens is 2. The maximum absolute atomic E-state index is 14.1. The van der Waals surface area contributed by atoms with Gasteiger partial charge in [0.25, 0.3) is 5.91 Å². The van der Waals surface area contributed by atoms with Crippen molar-refractivity contribution in [2.24, 2.45) is 0 Å². The van der Waals surface area contributed by atoms with Crippen LogP contribution < -0.4 is 10.2 Å². The lowest BCUT2D eigenvalue weighted by Gasteiger charge is -2.40. The standard InChI is InChI=1S/C31H27Cl2N3O4S2/c32-23-3-6-25(33)27(17-23)42-28-26(40-30(38)20-7-10-34-11-8-20)18-31(35-29(28)37,22-9-16-41-19-22)21-1-4-24(5-2-21)36-12-14-39-15-13-36/h1-11,16-17,19,30,38H,12-15,18H2,(H,35,37). The Morgan fingerprint density at radius 2 is 1.81 bits per heavy atom. The predicted molar refractivity (Wildman–Crippen MR) is 167 cm³/mol. The van der Waals surface area contributed by atoms with E-state index in [0.29, 0.717) is 44.4 Å². The third-order valence-corrected chi connectivity index (χ3v) is 9.85. The van der Waals surface area contributed by atoms with Gasteiger partial charge >= 0.3 is 0 Å². The number of nitrogens with zero attached hydrogens (tertiary/aromatic N) is 2. The van der Waals surface area contributed by atoms with Crippen LogP contribution in [0.2, 0.25) is 10.0 Å². The summed E-state index contributed by atoms with van der Waals surface area (Å²) in [6.45, 7) is 3.04.